The number of hydrogen-bond acceptors (Lipinski definition) is 3. The van der Waals surface area contributed by atoms with Gasteiger partial charge >= 0.3 is 0 Å². The van der Waals surface area contributed by atoms with Crippen molar-refractivity contribution in [3.63, 3.8) is 0 Å². The Bertz CT molecular complexity index is 784. The summed E-state index contributed by atoms with van der Waals surface area (Å²) in [6.07, 6.45) is 0. The van der Waals surface area contributed by atoms with Crippen LogP contribution in [-0.4, -0.2) is 26.8 Å². The molecule has 5 heteroatoms. The van der Waals surface area contributed by atoms with Crippen molar-refractivity contribution in [2.45, 2.75) is 46.3 Å². The molecule has 1 aromatic carbocycles. The summed E-state index contributed by atoms with van der Waals surface area (Å²) in [4.78, 5) is 12.5. The first-order valence-electron chi connectivity index (χ1n) is 7.85. The van der Waals surface area contributed by atoms with Crippen LogP contribution in [0.5, 0.6) is 0 Å². The number of carbonyl (C=O) groups excluding carboxylic acids is 1. The van der Waals surface area contributed by atoms with E-state index in [2.05, 4.69) is 27.4 Å². The van der Waals surface area contributed by atoms with Crippen LogP contribution in [0.1, 0.15) is 59.7 Å². The van der Waals surface area contributed by atoms with Crippen molar-refractivity contribution >= 4 is 5.91 Å². The van der Waals surface area contributed by atoms with Crippen LogP contribution in [0.3, 0.4) is 0 Å². The summed E-state index contributed by atoms with van der Waals surface area (Å²) in [5, 5.41) is 19.7. The minimum atomic E-state index is -1.07. The molecule has 1 amide bonds. The van der Waals surface area contributed by atoms with Crippen molar-refractivity contribution in [1.29, 1.82) is 0 Å². The maximum Gasteiger partial charge on any atom is 0.251 e. The monoisotopic (exact) mass is 325 g/mol. The summed E-state index contributed by atoms with van der Waals surface area (Å²) in [6.45, 7) is 9.02. The molecule has 0 bridgehead atoms. The van der Waals surface area contributed by atoms with Crippen molar-refractivity contribution < 1.29 is 9.90 Å². The maximum atomic E-state index is 12.5. The second kappa shape index (κ2) is 6.90. The molecular weight excluding hydrogens is 302 g/mol. The molecule has 1 aromatic heterocycles. The molecule has 1 unspecified atom stereocenters. The average molecular weight is 325 g/mol. The number of aromatic nitrogens is 2. The van der Waals surface area contributed by atoms with Crippen LogP contribution in [0, 0.1) is 25.7 Å². The van der Waals surface area contributed by atoms with Gasteiger partial charge in [-0.25, -0.2) is 0 Å². The van der Waals surface area contributed by atoms with E-state index in [9.17, 15) is 9.90 Å². The predicted molar refractivity (Wildman–Crippen MR) is 93.6 cm³/mol. The highest BCUT2D eigenvalue weighted by Crippen LogP contribution is 2.19. The maximum absolute atomic E-state index is 12.5. The zero-order chi connectivity index (χ0) is 17.9. The molecule has 0 fully saturated rings. The number of H-pyrrole nitrogens is 1. The van der Waals surface area contributed by atoms with Gasteiger partial charge < -0.3 is 10.4 Å². The molecule has 126 valence electrons. The Hall–Kier alpha value is -2.58. The van der Waals surface area contributed by atoms with Gasteiger partial charge in [-0.05, 0) is 52.8 Å². The molecule has 2 aromatic rings. The molecule has 1 heterocycles. The summed E-state index contributed by atoms with van der Waals surface area (Å²) in [7, 11) is 0. The zero-order valence-corrected chi connectivity index (χ0v) is 14.7. The smallest absolute Gasteiger partial charge is 0.251 e. The number of rotatable bonds is 3. The van der Waals surface area contributed by atoms with Gasteiger partial charge in [-0.3, -0.25) is 9.89 Å². The molecule has 0 aliphatic carbocycles. The highest BCUT2D eigenvalue weighted by molar-refractivity contribution is 5.94. The molecule has 2 rings (SSSR count). The minimum Gasteiger partial charge on any atom is -0.378 e. The van der Waals surface area contributed by atoms with Gasteiger partial charge in [0.15, 0.2) is 0 Å². The van der Waals surface area contributed by atoms with Gasteiger partial charge in [0.2, 0.25) is 0 Å². The summed E-state index contributed by atoms with van der Waals surface area (Å²) < 4.78 is 0. The first-order chi connectivity index (χ1) is 11.2. The standard InChI is InChI=1S/C19H23N3O2/c1-12(17-13(2)21-22-14(17)3)20-18(23)16-8-6-7-15(11-16)9-10-19(4,5)24/h6-8,11-12,24H,1-5H3,(H,20,23)(H,21,22). The zero-order valence-electron chi connectivity index (χ0n) is 14.7. The second-order valence-corrected chi connectivity index (χ2v) is 6.43. The normalized spacial score (nSPS) is 12.2. The highest BCUT2D eigenvalue weighted by Gasteiger charge is 2.17. The molecule has 0 spiro atoms. The van der Waals surface area contributed by atoms with Gasteiger partial charge in [-0.15, -0.1) is 0 Å². The van der Waals surface area contributed by atoms with Crippen LogP contribution >= 0.6 is 0 Å². The van der Waals surface area contributed by atoms with E-state index < -0.39 is 5.60 Å². The topological polar surface area (TPSA) is 78.0 Å². The minimum absolute atomic E-state index is 0.151. The number of benzene rings is 1. The fraction of sp³-hybridized carbons (Fsp3) is 0.368. The Morgan fingerprint density at radius 1 is 1.38 bits per heavy atom. The summed E-state index contributed by atoms with van der Waals surface area (Å²) in [5.74, 6) is 5.46. The van der Waals surface area contributed by atoms with E-state index in [1.807, 2.05) is 26.8 Å². The van der Waals surface area contributed by atoms with E-state index in [0.717, 1.165) is 17.0 Å². The SMILES string of the molecule is Cc1n[nH]c(C)c1C(C)NC(=O)c1cccc(C#CC(C)(C)O)c1. The molecule has 0 aliphatic rings. The third kappa shape index (κ3) is 4.46. The molecule has 0 aliphatic heterocycles. The van der Waals surface area contributed by atoms with Crippen molar-refractivity contribution in [3.05, 3.63) is 52.3 Å². The molecule has 0 radical (unpaired) electrons. The van der Waals surface area contributed by atoms with E-state index in [4.69, 9.17) is 0 Å². The van der Waals surface area contributed by atoms with Crippen LogP contribution < -0.4 is 5.32 Å². The van der Waals surface area contributed by atoms with Gasteiger partial charge in [0.25, 0.3) is 5.91 Å². The van der Waals surface area contributed by atoms with Gasteiger partial charge in [-0.1, -0.05) is 17.9 Å². The Labute approximate surface area is 142 Å². The van der Waals surface area contributed by atoms with Crippen LogP contribution in [0.25, 0.3) is 0 Å². The first kappa shape index (κ1) is 17.8. The van der Waals surface area contributed by atoms with Gasteiger partial charge in [0.1, 0.15) is 5.60 Å². The van der Waals surface area contributed by atoms with Crippen LogP contribution in [-0.2, 0) is 0 Å². The Morgan fingerprint density at radius 2 is 2.08 bits per heavy atom. The lowest BCUT2D eigenvalue weighted by molar-refractivity contribution is 0.0939. The molecule has 0 saturated carbocycles. The fourth-order valence-corrected chi connectivity index (χ4v) is 2.51. The third-order valence-corrected chi connectivity index (χ3v) is 3.60. The lowest BCUT2D eigenvalue weighted by atomic mass is 10.0. The van der Waals surface area contributed by atoms with E-state index in [1.54, 1.807) is 32.0 Å². The number of amides is 1. The summed E-state index contributed by atoms with van der Waals surface area (Å²) in [6, 6.07) is 6.90. The number of nitrogens with zero attached hydrogens (tertiary/aromatic N) is 1. The number of aryl methyl sites for hydroxylation is 2. The number of hydrogen-bond donors (Lipinski definition) is 3. The predicted octanol–water partition coefficient (Wildman–Crippen LogP) is 2.64. The van der Waals surface area contributed by atoms with Crippen LogP contribution in [0.2, 0.25) is 0 Å². The molecule has 0 saturated heterocycles. The van der Waals surface area contributed by atoms with Crippen molar-refractivity contribution in [2.75, 3.05) is 0 Å². The quantitative estimate of drug-likeness (QED) is 0.759. The molecule has 24 heavy (non-hydrogen) atoms. The summed E-state index contributed by atoms with van der Waals surface area (Å²) >= 11 is 0. The van der Waals surface area contributed by atoms with E-state index >= 15 is 0 Å². The van der Waals surface area contributed by atoms with E-state index in [1.165, 1.54) is 0 Å². The second-order valence-electron chi connectivity index (χ2n) is 6.43. The number of nitrogens with one attached hydrogen (secondary N) is 2. The van der Waals surface area contributed by atoms with E-state index in [0.29, 0.717) is 11.1 Å². The largest absolute Gasteiger partial charge is 0.378 e. The van der Waals surface area contributed by atoms with Crippen molar-refractivity contribution in [2.24, 2.45) is 0 Å². The van der Waals surface area contributed by atoms with Gasteiger partial charge in [0.05, 0.1) is 11.7 Å². The van der Waals surface area contributed by atoms with Crippen LogP contribution in [0.4, 0.5) is 0 Å². The lowest BCUT2D eigenvalue weighted by Gasteiger charge is -2.14. The van der Waals surface area contributed by atoms with Gasteiger partial charge in [0, 0.05) is 22.4 Å². The van der Waals surface area contributed by atoms with Crippen molar-refractivity contribution in [1.82, 2.24) is 15.5 Å². The Balaban J connectivity index is 2.17. The fourth-order valence-electron chi connectivity index (χ4n) is 2.51. The van der Waals surface area contributed by atoms with Crippen LogP contribution in [0.15, 0.2) is 24.3 Å². The molecule has 1 atom stereocenters. The van der Waals surface area contributed by atoms with Crippen molar-refractivity contribution in [3.8, 4) is 11.8 Å². The number of carbonyl (C=O) groups is 1. The molecule has 3 N–H and O–H groups in total. The third-order valence-electron chi connectivity index (χ3n) is 3.60. The molecular formula is C19H23N3O2. The number of aromatic amines is 1. The Kier molecular flexibility index (Phi) is 5.10. The van der Waals surface area contributed by atoms with E-state index in [-0.39, 0.29) is 11.9 Å². The highest BCUT2D eigenvalue weighted by atomic mass is 16.3. The van der Waals surface area contributed by atoms with Gasteiger partial charge in [-0.2, -0.15) is 5.10 Å². The number of aliphatic hydroxyl groups is 1. The molecule has 5 nitrogen and oxygen atoms in total. The lowest BCUT2D eigenvalue weighted by Crippen LogP contribution is -2.27. The average Bonchev–Trinajstić information content (AvgIpc) is 2.84. The summed E-state index contributed by atoms with van der Waals surface area (Å²) in [5.41, 5.74) is 2.98. The Morgan fingerprint density at radius 3 is 2.67 bits per heavy atom. The first-order valence-corrected chi connectivity index (χ1v) is 7.85.